The van der Waals surface area contributed by atoms with Gasteiger partial charge in [0.2, 0.25) is 39.1 Å². The van der Waals surface area contributed by atoms with Crippen LogP contribution >= 0.6 is 17.0 Å². The van der Waals surface area contributed by atoms with Crippen molar-refractivity contribution in [3.05, 3.63) is 81.9 Å². The minimum atomic E-state index is -0.826. The summed E-state index contributed by atoms with van der Waals surface area (Å²) in [5.41, 5.74) is 7.99. The number of benzene rings is 2. The zero-order valence-corrected chi connectivity index (χ0v) is 35.9. The van der Waals surface area contributed by atoms with E-state index in [9.17, 15) is 0 Å². The summed E-state index contributed by atoms with van der Waals surface area (Å²) in [7, 11) is 12.2. The Labute approximate surface area is 297 Å². The van der Waals surface area contributed by atoms with E-state index >= 15 is 0 Å². The molecule has 0 heterocycles. The molecule has 4 nitrogen and oxygen atoms in total. The SMILES string of the molecule is C[Si]OC(O[Si]C)C(C)(C)C1=Cc2ccccc2C1C[Si]CC1C(C(C)(C)C(O[Si]C)O[Si]C)=Cc2ccccc21.[Cl][Zr][Cl]. The number of fused-ring (bicyclic) bond motifs is 2. The Kier molecular flexibility index (Phi) is 16.5. The molecule has 2 atom stereocenters. The molecule has 12 heteroatoms. The molecular formula is C32H42Cl2O4Si5Zr. The first-order chi connectivity index (χ1) is 21.1. The fourth-order valence-electron chi connectivity index (χ4n) is 6.21. The van der Waals surface area contributed by atoms with E-state index < -0.39 is 20.8 Å². The van der Waals surface area contributed by atoms with E-state index in [0.29, 0.717) is 50.9 Å². The Bertz CT molecular complexity index is 1160. The molecule has 2 aromatic carbocycles. The fourth-order valence-corrected chi connectivity index (χ4v) is 10.3. The summed E-state index contributed by atoms with van der Waals surface area (Å²) in [4.78, 5) is 0. The molecule has 0 aliphatic heterocycles. The first-order valence-electron chi connectivity index (χ1n) is 14.7. The van der Waals surface area contributed by atoms with Crippen molar-refractivity contribution in [2.45, 2.75) is 90.4 Å². The summed E-state index contributed by atoms with van der Waals surface area (Å²) >= 11 is -0.826. The Morgan fingerprint density at radius 1 is 0.636 bits per heavy atom. The van der Waals surface area contributed by atoms with Crippen LogP contribution in [-0.2, 0) is 38.6 Å². The Balaban J connectivity index is 0.00000169. The van der Waals surface area contributed by atoms with Crippen LogP contribution in [0.2, 0.25) is 38.3 Å². The minimum absolute atomic E-state index is 0.225. The summed E-state index contributed by atoms with van der Waals surface area (Å²) in [6, 6.07) is 20.1. The molecule has 0 fully saturated rings. The van der Waals surface area contributed by atoms with Crippen LogP contribution in [0.15, 0.2) is 59.7 Å². The average Bonchev–Trinajstić information content (AvgIpc) is 3.57. The van der Waals surface area contributed by atoms with Gasteiger partial charge in [-0.05, 0) is 48.4 Å². The molecule has 0 bridgehead atoms. The van der Waals surface area contributed by atoms with Crippen molar-refractivity contribution in [3.8, 4) is 0 Å². The maximum atomic E-state index is 6.19. The number of halogens is 2. The van der Waals surface area contributed by atoms with Gasteiger partial charge in [0.05, 0.1) is 0 Å². The monoisotopic (exact) mass is 790 g/mol. The predicted molar refractivity (Wildman–Crippen MR) is 187 cm³/mol. The van der Waals surface area contributed by atoms with Crippen LogP contribution in [0, 0.1) is 10.8 Å². The van der Waals surface area contributed by atoms with Gasteiger partial charge in [-0.3, -0.25) is 0 Å². The first kappa shape index (κ1) is 38.8. The van der Waals surface area contributed by atoms with Crippen LogP contribution in [0.3, 0.4) is 0 Å². The van der Waals surface area contributed by atoms with Crippen molar-refractivity contribution in [1.82, 2.24) is 0 Å². The van der Waals surface area contributed by atoms with E-state index in [4.69, 9.17) is 34.7 Å². The third-order valence-corrected chi connectivity index (χ3v) is 11.6. The molecular weight excluding hydrogens is 751 g/mol. The number of rotatable bonds is 16. The van der Waals surface area contributed by atoms with Gasteiger partial charge in [0.25, 0.3) is 0 Å². The van der Waals surface area contributed by atoms with E-state index in [1.54, 1.807) is 0 Å². The van der Waals surface area contributed by atoms with Crippen molar-refractivity contribution >= 4 is 77.7 Å². The standard InChI is InChI=1S/C32H42O4Si5.2ClH.Zr/c1-31(2,29(33-37-5)34-38-6)27-17-21-13-9-11-15-23(21)25(27)19-41-20-26-24-16-12-10-14-22(24)18-28(26)32(3,4)30(35-39-7)36-40-8;;;/h9-18,25-26,29-30H,19-20H2,1-8H3;2*1H;/q;;;+2/p-2. The van der Waals surface area contributed by atoms with Crippen LogP contribution in [-0.4, -0.2) is 61.2 Å². The maximum absolute atomic E-state index is 6.19. The van der Waals surface area contributed by atoms with Gasteiger partial charge in [0.15, 0.2) is 0 Å². The van der Waals surface area contributed by atoms with Gasteiger partial charge in [-0.25, -0.2) is 0 Å². The fraction of sp³-hybridized carbons (Fsp3) is 0.500. The van der Waals surface area contributed by atoms with Crippen LogP contribution < -0.4 is 0 Å². The van der Waals surface area contributed by atoms with Crippen LogP contribution in [0.1, 0.15) is 61.8 Å². The molecule has 0 aromatic heterocycles. The van der Waals surface area contributed by atoms with Crippen molar-refractivity contribution in [1.29, 1.82) is 0 Å². The molecule has 0 amide bonds. The first-order valence-corrected chi connectivity index (χ1v) is 28.1. The van der Waals surface area contributed by atoms with E-state index in [2.05, 4.69) is 115 Å². The van der Waals surface area contributed by atoms with Crippen molar-refractivity contribution in [3.63, 3.8) is 0 Å². The zero-order chi connectivity index (χ0) is 32.3. The molecule has 0 N–H and O–H groups in total. The summed E-state index contributed by atoms with van der Waals surface area (Å²) in [5.74, 6) is 0.738. The van der Waals surface area contributed by atoms with Crippen LogP contribution in [0.5, 0.6) is 0 Å². The molecule has 2 aliphatic carbocycles. The topological polar surface area (TPSA) is 36.9 Å². The van der Waals surface area contributed by atoms with E-state index in [0.717, 1.165) is 21.6 Å². The Morgan fingerprint density at radius 2 is 0.955 bits per heavy atom. The summed E-state index contributed by atoms with van der Waals surface area (Å²) in [6.45, 7) is 17.5. The number of hydrogen-bond donors (Lipinski definition) is 0. The van der Waals surface area contributed by atoms with Crippen LogP contribution in [0.4, 0.5) is 0 Å². The zero-order valence-electron chi connectivity index (χ0n) is 26.9. The van der Waals surface area contributed by atoms with Gasteiger partial charge in [-0.2, -0.15) is 0 Å². The molecule has 44 heavy (non-hydrogen) atoms. The second kappa shape index (κ2) is 18.7. The molecule has 4 rings (SSSR count). The molecule has 2 unspecified atom stereocenters. The summed E-state index contributed by atoms with van der Waals surface area (Å²) in [6.07, 6.45) is 4.34. The second-order valence-corrected chi connectivity index (χ2v) is 19.3. The van der Waals surface area contributed by atoms with E-state index in [1.165, 1.54) is 33.4 Å². The molecule has 2 aliphatic rings. The second-order valence-electron chi connectivity index (χ2n) is 11.7. The molecule has 10 radical (unpaired) electrons. The van der Waals surface area contributed by atoms with Gasteiger partial charge in [0, 0.05) is 32.2 Å². The van der Waals surface area contributed by atoms with Gasteiger partial charge < -0.3 is 17.7 Å². The molecule has 232 valence electrons. The summed E-state index contributed by atoms with van der Waals surface area (Å²) < 4.78 is 24.8. The Morgan fingerprint density at radius 3 is 1.27 bits per heavy atom. The van der Waals surface area contributed by atoms with Gasteiger partial charge in [0.1, 0.15) is 12.6 Å². The third-order valence-electron chi connectivity index (χ3n) is 8.38. The molecule has 2 aromatic rings. The van der Waals surface area contributed by atoms with Crippen molar-refractivity contribution < 1.29 is 38.6 Å². The van der Waals surface area contributed by atoms with Gasteiger partial charge in [-0.1, -0.05) is 112 Å². The quantitative estimate of drug-likeness (QED) is 0.126. The normalized spacial score (nSPS) is 17.6. The van der Waals surface area contributed by atoms with Crippen LogP contribution in [0.25, 0.3) is 12.2 Å². The van der Waals surface area contributed by atoms with E-state index in [-0.39, 0.29) is 23.4 Å². The van der Waals surface area contributed by atoms with Crippen molar-refractivity contribution in [2.75, 3.05) is 0 Å². The molecule has 0 saturated carbocycles. The Hall–Kier alpha value is 0.308. The van der Waals surface area contributed by atoms with Gasteiger partial charge >= 0.3 is 37.9 Å². The van der Waals surface area contributed by atoms with Crippen molar-refractivity contribution in [2.24, 2.45) is 10.8 Å². The third kappa shape index (κ3) is 9.26. The predicted octanol–water partition coefficient (Wildman–Crippen LogP) is 8.71. The van der Waals surface area contributed by atoms with E-state index in [1.807, 2.05) is 0 Å². The summed E-state index contributed by atoms with van der Waals surface area (Å²) in [5, 5.41) is 0. The molecule has 0 spiro atoms. The molecule has 0 saturated heterocycles. The number of hydrogen-bond acceptors (Lipinski definition) is 4. The average molecular weight is 793 g/mol. The van der Waals surface area contributed by atoms with Gasteiger partial charge in [-0.15, -0.1) is 0 Å².